The van der Waals surface area contributed by atoms with Gasteiger partial charge in [0.1, 0.15) is 48.8 Å². The van der Waals surface area contributed by atoms with Crippen molar-refractivity contribution >= 4 is 0 Å². The second-order valence-electron chi connectivity index (χ2n) is 18.7. The normalized spacial score (nSPS) is 26.4. The third-order valence-corrected chi connectivity index (χ3v) is 12.7. The van der Waals surface area contributed by atoms with Crippen LogP contribution >= 0.6 is 0 Å². The van der Waals surface area contributed by atoms with Gasteiger partial charge in [-0.15, -0.1) is 0 Å². The van der Waals surface area contributed by atoms with Crippen molar-refractivity contribution in [2.75, 3.05) is 19.8 Å². The van der Waals surface area contributed by atoms with Crippen molar-refractivity contribution < 1.29 is 52.1 Å². The Morgan fingerprint density at radius 1 is 0.406 bits per heavy atom. The Bertz CT molecular complexity index is 2150. The van der Waals surface area contributed by atoms with E-state index in [4.69, 9.17) is 52.1 Å². The van der Waals surface area contributed by atoms with Crippen LogP contribution in [0.1, 0.15) is 87.1 Å². The van der Waals surface area contributed by atoms with E-state index in [1.807, 2.05) is 141 Å². The topological polar surface area (TPSA) is 102 Å². The van der Waals surface area contributed by atoms with E-state index >= 15 is 0 Å². The summed E-state index contributed by atoms with van der Waals surface area (Å²) in [4.78, 5) is 0. The fourth-order valence-electron chi connectivity index (χ4n) is 9.21. The van der Waals surface area contributed by atoms with Gasteiger partial charge >= 0.3 is 0 Å². The van der Waals surface area contributed by atoms with E-state index in [1.165, 1.54) is 19.3 Å². The Hall–Kier alpha value is -4.34. The third-order valence-electron chi connectivity index (χ3n) is 12.7. The van der Waals surface area contributed by atoms with Gasteiger partial charge in [-0.2, -0.15) is 0 Å². The molecular formula is C58H72O11. The average Bonchev–Trinajstić information content (AvgIpc) is 3.72. The van der Waals surface area contributed by atoms with Crippen molar-refractivity contribution in [3.63, 3.8) is 0 Å². The molecule has 0 saturated carbocycles. The second kappa shape index (κ2) is 26.8. The fraction of sp³-hybridized carbons (Fsp3) is 0.483. The number of rotatable bonds is 27. The first-order valence-electron chi connectivity index (χ1n) is 25.1. The summed E-state index contributed by atoms with van der Waals surface area (Å²) in [7, 11) is 0. The van der Waals surface area contributed by atoms with Crippen LogP contribution < -0.4 is 0 Å². The zero-order chi connectivity index (χ0) is 47.5. The largest absolute Gasteiger partial charge is 0.374 e. The number of fused-ring (bicyclic) bond motifs is 1. The van der Waals surface area contributed by atoms with Crippen molar-refractivity contribution in [2.24, 2.45) is 0 Å². The quantitative estimate of drug-likeness (QED) is 0.0470. The van der Waals surface area contributed by atoms with Gasteiger partial charge in [-0.3, -0.25) is 0 Å². The molecule has 0 spiro atoms. The monoisotopic (exact) mass is 945 g/mol. The first-order valence-corrected chi connectivity index (χ1v) is 25.1. The lowest BCUT2D eigenvalue weighted by Gasteiger charge is -2.49. The zero-order valence-corrected chi connectivity index (χ0v) is 40.6. The fourth-order valence-corrected chi connectivity index (χ4v) is 9.21. The maximum absolute atomic E-state index is 7.43. The summed E-state index contributed by atoms with van der Waals surface area (Å²) in [6, 6.07) is 50.5. The van der Waals surface area contributed by atoms with Crippen LogP contribution in [0.5, 0.6) is 0 Å². The molecule has 5 aromatic rings. The van der Waals surface area contributed by atoms with Gasteiger partial charge in [0.25, 0.3) is 0 Å². The van der Waals surface area contributed by atoms with Crippen LogP contribution in [0.3, 0.4) is 0 Å². The Kier molecular flexibility index (Phi) is 19.8. The molecule has 8 rings (SSSR count). The standard InChI is InChI=1S/C58H72O11/c1-4-5-6-7-8-24-35-61-56-54(63-39-46-31-20-12-21-32-46)52(62-38-45-29-18-11-19-30-45)50(48(65-56)41-59-36-43-25-14-9-15-26-43)67-57-55(64-40-47-33-22-13-23-34-47)53-51(68-58(2,3)69-53)49(66-57)42-60-37-44-27-16-10-17-28-44/h9-23,25-34,48-57H,4-8,24,35-42H2,1-3H3/t48-,49-,50-,51+,52+,53+,54-,55-,56-,57+/m1/s1. The number of hydrogen-bond acceptors (Lipinski definition) is 11. The Balaban J connectivity index is 1.14. The van der Waals surface area contributed by atoms with Crippen LogP contribution in [0.2, 0.25) is 0 Å². The molecule has 3 fully saturated rings. The highest BCUT2D eigenvalue weighted by Crippen LogP contribution is 2.41. The summed E-state index contributed by atoms with van der Waals surface area (Å²) >= 11 is 0. The first-order chi connectivity index (χ1) is 33.9. The molecule has 3 aliphatic heterocycles. The molecule has 0 aromatic heterocycles. The van der Waals surface area contributed by atoms with E-state index in [2.05, 4.69) is 31.2 Å². The molecule has 11 heteroatoms. The summed E-state index contributed by atoms with van der Waals surface area (Å²) in [5.41, 5.74) is 5.10. The zero-order valence-electron chi connectivity index (χ0n) is 40.6. The van der Waals surface area contributed by atoms with Gasteiger partial charge in [-0.1, -0.05) is 191 Å². The molecule has 0 amide bonds. The van der Waals surface area contributed by atoms with Gasteiger partial charge in [-0.05, 0) is 48.1 Å². The second-order valence-corrected chi connectivity index (χ2v) is 18.7. The molecule has 10 atom stereocenters. The summed E-state index contributed by atoms with van der Waals surface area (Å²) in [6.45, 7) is 8.58. The average molecular weight is 945 g/mol. The van der Waals surface area contributed by atoms with Crippen molar-refractivity contribution in [3.8, 4) is 0 Å². The molecule has 3 heterocycles. The van der Waals surface area contributed by atoms with Crippen molar-refractivity contribution in [3.05, 3.63) is 179 Å². The van der Waals surface area contributed by atoms with Crippen LogP contribution in [-0.2, 0) is 85.1 Å². The molecule has 0 unspecified atom stereocenters. The van der Waals surface area contributed by atoms with Crippen LogP contribution in [-0.4, -0.2) is 87.0 Å². The van der Waals surface area contributed by atoms with Gasteiger partial charge in [0.15, 0.2) is 18.4 Å². The highest BCUT2D eigenvalue weighted by molar-refractivity contribution is 5.17. The Morgan fingerprint density at radius 3 is 1.35 bits per heavy atom. The summed E-state index contributed by atoms with van der Waals surface area (Å²) < 4.78 is 75.6. The highest BCUT2D eigenvalue weighted by atomic mass is 16.8. The molecule has 3 aliphatic rings. The molecule has 69 heavy (non-hydrogen) atoms. The van der Waals surface area contributed by atoms with Gasteiger partial charge in [0.2, 0.25) is 0 Å². The van der Waals surface area contributed by atoms with Crippen molar-refractivity contribution in [1.82, 2.24) is 0 Å². The minimum absolute atomic E-state index is 0.164. The molecule has 5 aromatic carbocycles. The van der Waals surface area contributed by atoms with Crippen LogP contribution in [0.15, 0.2) is 152 Å². The molecule has 0 aliphatic carbocycles. The number of unbranched alkanes of at least 4 members (excludes halogenated alkanes) is 5. The number of benzene rings is 5. The van der Waals surface area contributed by atoms with E-state index in [0.717, 1.165) is 47.1 Å². The van der Waals surface area contributed by atoms with Crippen LogP contribution in [0, 0.1) is 0 Å². The lowest BCUT2D eigenvalue weighted by Crippen LogP contribution is -2.65. The van der Waals surface area contributed by atoms with E-state index in [1.54, 1.807) is 0 Å². The molecule has 0 N–H and O–H groups in total. The number of hydrogen-bond donors (Lipinski definition) is 0. The maximum Gasteiger partial charge on any atom is 0.187 e. The maximum atomic E-state index is 7.43. The molecule has 370 valence electrons. The SMILES string of the molecule is CCCCCCCCO[C@@H]1O[C@H](COCc2ccccc2)[C@@H](O[C@@H]2O[C@H](COCc3ccccc3)[C@@H]3OC(C)(C)O[C@@H]3[C@H]2OCc2ccccc2)[C@H](OCc2ccccc2)[C@H]1OCc1ccccc1. The van der Waals surface area contributed by atoms with Crippen LogP contribution in [0.25, 0.3) is 0 Å². The van der Waals surface area contributed by atoms with Crippen LogP contribution in [0.4, 0.5) is 0 Å². The summed E-state index contributed by atoms with van der Waals surface area (Å²) in [5.74, 6) is -0.931. The van der Waals surface area contributed by atoms with Crippen molar-refractivity contribution in [2.45, 2.75) is 160 Å². The predicted molar refractivity (Wildman–Crippen MR) is 263 cm³/mol. The van der Waals surface area contributed by atoms with Gasteiger partial charge in [0, 0.05) is 6.61 Å². The Morgan fingerprint density at radius 2 is 0.826 bits per heavy atom. The molecule has 0 radical (unpaired) electrons. The van der Waals surface area contributed by atoms with E-state index < -0.39 is 67.2 Å². The lowest BCUT2D eigenvalue weighted by molar-refractivity contribution is -0.368. The van der Waals surface area contributed by atoms with E-state index in [9.17, 15) is 0 Å². The number of ether oxygens (including phenoxy) is 11. The Labute approximate surface area is 409 Å². The lowest BCUT2D eigenvalue weighted by atomic mass is 9.96. The molecular weight excluding hydrogens is 873 g/mol. The summed E-state index contributed by atoms with van der Waals surface area (Å²) in [6.07, 6.45) is -0.422. The first kappa shape index (κ1) is 51.0. The summed E-state index contributed by atoms with van der Waals surface area (Å²) in [5, 5.41) is 0. The minimum atomic E-state index is -0.999. The minimum Gasteiger partial charge on any atom is -0.374 e. The predicted octanol–water partition coefficient (Wildman–Crippen LogP) is 10.9. The molecule has 0 bridgehead atoms. The van der Waals surface area contributed by atoms with E-state index in [-0.39, 0.29) is 26.4 Å². The van der Waals surface area contributed by atoms with Gasteiger partial charge in [0.05, 0.1) is 46.2 Å². The van der Waals surface area contributed by atoms with Gasteiger partial charge in [-0.25, -0.2) is 0 Å². The highest BCUT2D eigenvalue weighted by Gasteiger charge is 2.58. The third kappa shape index (κ3) is 15.3. The van der Waals surface area contributed by atoms with E-state index in [0.29, 0.717) is 26.4 Å². The molecule has 11 nitrogen and oxygen atoms in total. The smallest absolute Gasteiger partial charge is 0.187 e. The molecule has 3 saturated heterocycles. The van der Waals surface area contributed by atoms with Crippen molar-refractivity contribution in [1.29, 1.82) is 0 Å². The van der Waals surface area contributed by atoms with Gasteiger partial charge < -0.3 is 52.1 Å².